The van der Waals surface area contributed by atoms with Crippen LogP contribution in [0.1, 0.15) is 10.4 Å². The summed E-state index contributed by atoms with van der Waals surface area (Å²) in [4.78, 5) is 22.3. The summed E-state index contributed by atoms with van der Waals surface area (Å²) >= 11 is 6.45. The van der Waals surface area contributed by atoms with Gasteiger partial charge in [0.15, 0.2) is 0 Å². The molecule has 0 aliphatic heterocycles. The van der Waals surface area contributed by atoms with E-state index in [1.165, 1.54) is 18.2 Å². The van der Waals surface area contributed by atoms with Gasteiger partial charge >= 0.3 is 0 Å². The predicted molar refractivity (Wildman–Crippen MR) is 87.3 cm³/mol. The van der Waals surface area contributed by atoms with E-state index in [0.29, 0.717) is 25.9 Å². The van der Waals surface area contributed by atoms with Crippen LogP contribution in [-0.4, -0.2) is 10.8 Å². The number of carbonyl (C=O) groups is 1. The number of halogens is 2. The monoisotopic (exact) mass is 413 g/mol. The van der Waals surface area contributed by atoms with E-state index in [0.717, 1.165) is 0 Å². The first-order valence-corrected chi connectivity index (χ1v) is 7.27. The van der Waals surface area contributed by atoms with Crippen LogP contribution in [0.2, 0.25) is 0 Å². The normalized spacial score (nSPS) is 10.2. The minimum atomic E-state index is -0.509. The van der Waals surface area contributed by atoms with Crippen molar-refractivity contribution in [1.29, 1.82) is 0 Å². The molecule has 21 heavy (non-hydrogen) atoms. The minimum absolute atomic E-state index is 0.0634. The van der Waals surface area contributed by atoms with E-state index < -0.39 is 4.92 Å². The molecule has 8 heteroatoms. The molecule has 0 radical (unpaired) electrons. The summed E-state index contributed by atoms with van der Waals surface area (Å²) in [5, 5.41) is 13.3. The van der Waals surface area contributed by atoms with Crippen LogP contribution in [0.15, 0.2) is 45.3 Å². The van der Waals surface area contributed by atoms with E-state index in [1.807, 2.05) is 0 Å². The van der Waals surface area contributed by atoms with Gasteiger partial charge in [0.05, 0.1) is 10.6 Å². The molecule has 0 saturated heterocycles. The quantitative estimate of drug-likeness (QED) is 0.451. The Kier molecular flexibility index (Phi) is 4.59. The Morgan fingerprint density at radius 3 is 2.48 bits per heavy atom. The molecule has 0 unspecified atom stereocenters. The van der Waals surface area contributed by atoms with Gasteiger partial charge in [0.1, 0.15) is 0 Å². The van der Waals surface area contributed by atoms with Crippen molar-refractivity contribution in [2.45, 2.75) is 0 Å². The number of non-ortho nitro benzene ring substituents is 1. The predicted octanol–water partition coefficient (Wildman–Crippen LogP) is 3.95. The van der Waals surface area contributed by atoms with Crippen molar-refractivity contribution < 1.29 is 9.72 Å². The average Bonchev–Trinajstić information content (AvgIpc) is 2.39. The summed E-state index contributed by atoms with van der Waals surface area (Å²) in [5.74, 6) is -0.363. The molecule has 0 aromatic heterocycles. The van der Waals surface area contributed by atoms with Crippen LogP contribution in [0.3, 0.4) is 0 Å². The van der Waals surface area contributed by atoms with Gasteiger partial charge in [-0.25, -0.2) is 0 Å². The van der Waals surface area contributed by atoms with E-state index in [2.05, 4.69) is 37.2 Å². The molecule has 0 aliphatic rings. The molecule has 2 rings (SSSR count). The maximum atomic E-state index is 12.1. The number of nitro benzene ring substituents is 1. The molecule has 1 amide bonds. The summed E-state index contributed by atoms with van der Waals surface area (Å²) < 4.78 is 1.11. The molecule has 0 saturated carbocycles. The molecule has 0 atom stereocenters. The van der Waals surface area contributed by atoms with Gasteiger partial charge < -0.3 is 11.1 Å². The number of nitrogen functional groups attached to an aromatic ring is 1. The number of amides is 1. The molecular weight excluding hydrogens is 406 g/mol. The maximum Gasteiger partial charge on any atom is 0.270 e. The highest BCUT2D eigenvalue weighted by Crippen LogP contribution is 2.28. The number of nitrogens with zero attached hydrogens (tertiary/aromatic N) is 1. The molecule has 2 aromatic carbocycles. The van der Waals surface area contributed by atoms with Crippen LogP contribution in [-0.2, 0) is 0 Å². The van der Waals surface area contributed by atoms with Gasteiger partial charge in [-0.2, -0.15) is 0 Å². The fourth-order valence-electron chi connectivity index (χ4n) is 1.66. The van der Waals surface area contributed by atoms with Crippen LogP contribution >= 0.6 is 31.9 Å². The fraction of sp³-hybridized carbons (Fsp3) is 0. The summed E-state index contributed by atoms with van der Waals surface area (Å²) in [6, 6.07) is 8.95. The van der Waals surface area contributed by atoms with E-state index in [4.69, 9.17) is 5.73 Å². The second kappa shape index (κ2) is 6.23. The smallest absolute Gasteiger partial charge is 0.270 e. The standard InChI is InChI=1S/C13H9Br2N3O3/c14-8-3-7(4-9(16)5-8)13(19)17-12-2-1-10(18(20)21)6-11(12)15/h1-6H,16H2,(H,17,19). The van der Waals surface area contributed by atoms with Crippen molar-refractivity contribution >= 4 is 54.8 Å². The van der Waals surface area contributed by atoms with Gasteiger partial charge in [0.2, 0.25) is 0 Å². The molecular formula is C13H9Br2N3O3. The number of rotatable bonds is 3. The average molecular weight is 415 g/mol. The van der Waals surface area contributed by atoms with Crippen LogP contribution in [0, 0.1) is 10.1 Å². The van der Waals surface area contributed by atoms with Crippen molar-refractivity contribution in [3.05, 3.63) is 61.0 Å². The minimum Gasteiger partial charge on any atom is -0.399 e. The van der Waals surface area contributed by atoms with E-state index in [9.17, 15) is 14.9 Å². The number of nitrogens with two attached hydrogens (primary N) is 1. The van der Waals surface area contributed by atoms with Crippen LogP contribution in [0.4, 0.5) is 17.1 Å². The second-order valence-electron chi connectivity index (χ2n) is 4.15. The molecule has 2 aromatic rings. The Balaban J connectivity index is 2.25. The fourth-order valence-corrected chi connectivity index (χ4v) is 2.63. The van der Waals surface area contributed by atoms with Crippen LogP contribution < -0.4 is 11.1 Å². The number of nitrogens with one attached hydrogen (secondary N) is 1. The molecule has 0 bridgehead atoms. The van der Waals surface area contributed by atoms with Gasteiger partial charge in [0.25, 0.3) is 11.6 Å². The molecule has 0 aliphatic carbocycles. The zero-order valence-corrected chi connectivity index (χ0v) is 13.6. The first-order valence-electron chi connectivity index (χ1n) is 5.68. The number of anilines is 2. The zero-order valence-electron chi connectivity index (χ0n) is 10.5. The lowest BCUT2D eigenvalue weighted by Gasteiger charge is -2.08. The largest absolute Gasteiger partial charge is 0.399 e. The molecule has 0 spiro atoms. The Bertz CT molecular complexity index is 714. The van der Waals surface area contributed by atoms with E-state index in [1.54, 1.807) is 18.2 Å². The summed E-state index contributed by atoms with van der Waals surface area (Å²) in [6.45, 7) is 0. The molecule has 108 valence electrons. The Hall–Kier alpha value is -1.93. The number of nitro groups is 1. The maximum absolute atomic E-state index is 12.1. The lowest BCUT2D eigenvalue weighted by molar-refractivity contribution is -0.384. The SMILES string of the molecule is Nc1cc(Br)cc(C(=O)Nc2ccc([N+](=O)[O-])cc2Br)c1. The van der Waals surface area contributed by atoms with Gasteiger partial charge in [-0.05, 0) is 40.2 Å². The van der Waals surface area contributed by atoms with Gasteiger partial charge in [0, 0.05) is 32.3 Å². The van der Waals surface area contributed by atoms with E-state index in [-0.39, 0.29) is 11.6 Å². The highest BCUT2D eigenvalue weighted by molar-refractivity contribution is 9.10. The van der Waals surface area contributed by atoms with Crippen molar-refractivity contribution in [2.24, 2.45) is 0 Å². The Morgan fingerprint density at radius 2 is 1.90 bits per heavy atom. The third kappa shape index (κ3) is 3.79. The molecule has 0 heterocycles. The van der Waals surface area contributed by atoms with Crippen molar-refractivity contribution in [3.8, 4) is 0 Å². The highest BCUT2D eigenvalue weighted by Gasteiger charge is 2.13. The van der Waals surface area contributed by atoms with Gasteiger partial charge in [-0.15, -0.1) is 0 Å². The van der Waals surface area contributed by atoms with Crippen molar-refractivity contribution in [2.75, 3.05) is 11.1 Å². The number of benzene rings is 2. The van der Waals surface area contributed by atoms with Gasteiger partial charge in [-0.3, -0.25) is 14.9 Å². The first kappa shape index (κ1) is 15.5. The lowest BCUT2D eigenvalue weighted by atomic mass is 10.2. The summed E-state index contributed by atoms with van der Waals surface area (Å²) in [6.07, 6.45) is 0. The van der Waals surface area contributed by atoms with Crippen LogP contribution in [0.25, 0.3) is 0 Å². The second-order valence-corrected chi connectivity index (χ2v) is 5.92. The third-order valence-corrected chi connectivity index (χ3v) is 3.71. The molecule has 0 fully saturated rings. The number of hydrogen-bond donors (Lipinski definition) is 2. The molecule has 6 nitrogen and oxygen atoms in total. The zero-order chi connectivity index (χ0) is 15.6. The van der Waals surface area contributed by atoms with E-state index >= 15 is 0 Å². The van der Waals surface area contributed by atoms with Crippen molar-refractivity contribution in [3.63, 3.8) is 0 Å². The molecule has 3 N–H and O–H groups in total. The summed E-state index contributed by atoms with van der Waals surface area (Å²) in [5.41, 5.74) is 6.89. The topological polar surface area (TPSA) is 98.3 Å². The lowest BCUT2D eigenvalue weighted by Crippen LogP contribution is -2.12. The number of carbonyl (C=O) groups excluding carboxylic acids is 1. The Labute approximate surface area is 136 Å². The third-order valence-electron chi connectivity index (χ3n) is 2.59. The highest BCUT2D eigenvalue weighted by atomic mass is 79.9. The number of hydrogen-bond acceptors (Lipinski definition) is 4. The Morgan fingerprint density at radius 1 is 1.19 bits per heavy atom. The van der Waals surface area contributed by atoms with Crippen molar-refractivity contribution in [1.82, 2.24) is 0 Å². The van der Waals surface area contributed by atoms with Crippen LogP contribution in [0.5, 0.6) is 0 Å². The summed E-state index contributed by atoms with van der Waals surface area (Å²) in [7, 11) is 0. The first-order chi connectivity index (χ1) is 9.86. The van der Waals surface area contributed by atoms with Gasteiger partial charge in [-0.1, -0.05) is 15.9 Å².